The van der Waals surface area contributed by atoms with Crippen LogP contribution in [0.3, 0.4) is 0 Å². The quantitative estimate of drug-likeness (QED) is 0.507. The van der Waals surface area contributed by atoms with Gasteiger partial charge in [-0.05, 0) is 11.5 Å². The van der Waals surface area contributed by atoms with Gasteiger partial charge in [0.15, 0.2) is 0 Å². The van der Waals surface area contributed by atoms with Crippen LogP contribution in [0.4, 0.5) is 0 Å². The highest BCUT2D eigenvalue weighted by Crippen LogP contribution is 2.24. The van der Waals surface area contributed by atoms with Crippen LogP contribution in [-0.2, 0) is 9.63 Å². The Hall–Kier alpha value is 0.130. The lowest BCUT2D eigenvalue weighted by atomic mass is 10.7. The van der Waals surface area contributed by atoms with Crippen LogP contribution in [-0.4, -0.2) is 41.2 Å². The summed E-state index contributed by atoms with van der Waals surface area (Å²) in [5.41, 5.74) is 0. The Morgan fingerprint density at radius 2 is 1.85 bits per heavy atom. The molecule has 0 unspecified atom stereocenters. The number of rotatable bonds is 6. The molecule has 13 heavy (non-hydrogen) atoms. The molecular weight excluding hydrogens is 206 g/mol. The van der Waals surface area contributed by atoms with Gasteiger partial charge in [-0.15, -0.1) is 23.5 Å². The van der Waals surface area contributed by atoms with E-state index in [9.17, 15) is 4.79 Å². The third-order valence-electron chi connectivity index (χ3n) is 1.42. The molecule has 0 bridgehead atoms. The topological polar surface area (TPSA) is 29.5 Å². The molecular formula is C8H17NO2S2. The number of carbonyl (C=O) groups excluding carboxylic acids is 1. The van der Waals surface area contributed by atoms with E-state index >= 15 is 0 Å². The maximum Gasteiger partial charge on any atom is 0.269 e. The zero-order valence-electron chi connectivity index (χ0n) is 8.57. The third-order valence-corrected chi connectivity index (χ3v) is 3.91. The molecule has 0 aromatic heterocycles. The second kappa shape index (κ2) is 7.53. The monoisotopic (exact) mass is 223 g/mol. The first-order valence-electron chi connectivity index (χ1n) is 4.22. The largest absolute Gasteiger partial charge is 0.275 e. The van der Waals surface area contributed by atoms with Crippen molar-refractivity contribution in [3.63, 3.8) is 0 Å². The van der Waals surface area contributed by atoms with Gasteiger partial charge in [-0.3, -0.25) is 9.63 Å². The van der Waals surface area contributed by atoms with Crippen molar-refractivity contribution < 1.29 is 9.63 Å². The maximum atomic E-state index is 11.6. The molecule has 0 aromatic carbocycles. The average Bonchev–Trinajstić information content (AvgIpc) is 2.15. The molecule has 0 radical (unpaired) electrons. The van der Waals surface area contributed by atoms with Crippen molar-refractivity contribution >= 4 is 29.4 Å². The maximum absolute atomic E-state index is 11.6. The number of thioether (sulfide) groups is 2. The van der Waals surface area contributed by atoms with E-state index in [4.69, 9.17) is 4.84 Å². The summed E-state index contributed by atoms with van der Waals surface area (Å²) in [7, 11) is 3.14. The SMILES string of the molecule is CCSC(SCC)C(=O)N(C)OC. The normalized spacial score (nSPS) is 10.5. The van der Waals surface area contributed by atoms with Crippen LogP contribution in [0, 0.1) is 0 Å². The first-order valence-corrected chi connectivity index (χ1v) is 6.31. The minimum absolute atomic E-state index is 0.0278. The van der Waals surface area contributed by atoms with Crippen molar-refractivity contribution in [3.8, 4) is 0 Å². The standard InChI is InChI=1S/C8H17NO2S2/c1-5-12-8(13-6-2)7(10)9(3)11-4/h8H,5-6H2,1-4H3. The fourth-order valence-corrected chi connectivity index (χ4v) is 3.12. The van der Waals surface area contributed by atoms with Crippen LogP contribution in [0.1, 0.15) is 13.8 Å². The highest BCUT2D eigenvalue weighted by atomic mass is 32.2. The first-order chi connectivity index (χ1) is 6.17. The molecule has 0 aromatic rings. The van der Waals surface area contributed by atoms with Crippen LogP contribution in [0.25, 0.3) is 0 Å². The molecule has 0 saturated heterocycles. The van der Waals surface area contributed by atoms with Gasteiger partial charge < -0.3 is 0 Å². The molecule has 5 heteroatoms. The lowest BCUT2D eigenvalue weighted by molar-refractivity contribution is -0.166. The van der Waals surface area contributed by atoms with E-state index in [2.05, 4.69) is 0 Å². The lowest BCUT2D eigenvalue weighted by Gasteiger charge is -2.19. The van der Waals surface area contributed by atoms with Gasteiger partial charge >= 0.3 is 0 Å². The molecule has 0 atom stereocenters. The number of hydroxylamine groups is 2. The molecule has 0 aliphatic rings. The number of hydrogen-bond donors (Lipinski definition) is 0. The first kappa shape index (κ1) is 13.1. The van der Waals surface area contributed by atoms with Gasteiger partial charge in [-0.2, -0.15) is 0 Å². The molecule has 0 saturated carbocycles. The number of amides is 1. The van der Waals surface area contributed by atoms with E-state index in [0.717, 1.165) is 11.5 Å². The predicted octanol–water partition coefficient (Wildman–Crippen LogP) is 1.84. The summed E-state index contributed by atoms with van der Waals surface area (Å²) in [4.78, 5) is 16.5. The van der Waals surface area contributed by atoms with E-state index in [0.29, 0.717) is 0 Å². The van der Waals surface area contributed by atoms with Crippen molar-refractivity contribution in [3.05, 3.63) is 0 Å². The average molecular weight is 223 g/mol. The third kappa shape index (κ3) is 4.78. The molecule has 1 amide bonds. The number of carbonyl (C=O) groups is 1. The predicted molar refractivity (Wildman–Crippen MR) is 59.8 cm³/mol. The summed E-state index contributed by atoms with van der Waals surface area (Å²) in [6.07, 6.45) is 0. The van der Waals surface area contributed by atoms with E-state index in [1.807, 2.05) is 13.8 Å². The van der Waals surface area contributed by atoms with Gasteiger partial charge in [0.1, 0.15) is 4.58 Å². The van der Waals surface area contributed by atoms with Gasteiger partial charge in [-0.1, -0.05) is 13.8 Å². The number of hydrogen-bond acceptors (Lipinski definition) is 4. The molecule has 0 heterocycles. The molecule has 0 fully saturated rings. The van der Waals surface area contributed by atoms with E-state index < -0.39 is 0 Å². The van der Waals surface area contributed by atoms with Crippen molar-refractivity contribution in [1.82, 2.24) is 5.06 Å². The Bertz CT molecular complexity index is 149. The Kier molecular flexibility index (Phi) is 7.60. The van der Waals surface area contributed by atoms with Crippen LogP contribution in [0.5, 0.6) is 0 Å². The summed E-state index contributed by atoms with van der Waals surface area (Å²) >= 11 is 3.29. The van der Waals surface area contributed by atoms with Crippen molar-refractivity contribution in [2.75, 3.05) is 25.7 Å². The van der Waals surface area contributed by atoms with Crippen molar-refractivity contribution in [2.45, 2.75) is 18.4 Å². The van der Waals surface area contributed by atoms with Gasteiger partial charge in [-0.25, -0.2) is 5.06 Å². The molecule has 0 aliphatic carbocycles. The smallest absolute Gasteiger partial charge is 0.269 e. The Morgan fingerprint density at radius 1 is 1.38 bits per heavy atom. The molecule has 0 rings (SSSR count). The zero-order chi connectivity index (χ0) is 10.3. The van der Waals surface area contributed by atoms with Crippen LogP contribution >= 0.6 is 23.5 Å². The van der Waals surface area contributed by atoms with E-state index in [-0.39, 0.29) is 10.5 Å². The van der Waals surface area contributed by atoms with Gasteiger partial charge in [0.2, 0.25) is 0 Å². The van der Waals surface area contributed by atoms with Crippen LogP contribution in [0.15, 0.2) is 0 Å². The van der Waals surface area contributed by atoms with Gasteiger partial charge in [0.05, 0.1) is 7.11 Å². The van der Waals surface area contributed by atoms with Gasteiger partial charge in [0.25, 0.3) is 5.91 Å². The minimum Gasteiger partial charge on any atom is -0.275 e. The summed E-state index contributed by atoms with van der Waals surface area (Å²) in [5, 5.41) is 1.29. The molecule has 0 spiro atoms. The summed E-state index contributed by atoms with van der Waals surface area (Å²) in [5.74, 6) is 1.92. The summed E-state index contributed by atoms with van der Waals surface area (Å²) in [6.45, 7) is 4.10. The van der Waals surface area contributed by atoms with Crippen LogP contribution in [0.2, 0.25) is 0 Å². The molecule has 78 valence electrons. The second-order valence-corrected chi connectivity index (χ2v) is 5.32. The van der Waals surface area contributed by atoms with Crippen molar-refractivity contribution in [1.29, 1.82) is 0 Å². The number of nitrogens with zero attached hydrogens (tertiary/aromatic N) is 1. The second-order valence-electron chi connectivity index (χ2n) is 2.26. The summed E-state index contributed by atoms with van der Waals surface area (Å²) in [6, 6.07) is 0. The van der Waals surface area contributed by atoms with Crippen LogP contribution < -0.4 is 0 Å². The fourth-order valence-electron chi connectivity index (χ4n) is 0.732. The minimum atomic E-state index is -0.0278. The zero-order valence-corrected chi connectivity index (χ0v) is 10.2. The Balaban J connectivity index is 4.09. The highest BCUT2D eigenvalue weighted by Gasteiger charge is 2.21. The molecule has 0 aliphatic heterocycles. The van der Waals surface area contributed by atoms with E-state index in [1.54, 1.807) is 30.6 Å². The highest BCUT2D eigenvalue weighted by molar-refractivity contribution is 8.18. The van der Waals surface area contributed by atoms with Crippen molar-refractivity contribution in [2.24, 2.45) is 0 Å². The van der Waals surface area contributed by atoms with E-state index in [1.165, 1.54) is 12.2 Å². The fraction of sp³-hybridized carbons (Fsp3) is 0.875. The molecule has 3 nitrogen and oxygen atoms in total. The summed E-state index contributed by atoms with van der Waals surface area (Å²) < 4.78 is -0.0278. The Morgan fingerprint density at radius 3 is 2.15 bits per heavy atom. The molecule has 0 N–H and O–H groups in total. The Labute approximate surface area is 88.5 Å². The van der Waals surface area contributed by atoms with Gasteiger partial charge in [0, 0.05) is 7.05 Å². The lowest BCUT2D eigenvalue weighted by Crippen LogP contribution is -2.32.